The maximum atomic E-state index is 11.5. The van der Waals surface area contributed by atoms with Gasteiger partial charge in [-0.1, -0.05) is 32.8 Å². The summed E-state index contributed by atoms with van der Waals surface area (Å²) in [5, 5.41) is 3.38. The van der Waals surface area contributed by atoms with Crippen LogP contribution in [0.5, 0.6) is 0 Å². The van der Waals surface area contributed by atoms with Crippen molar-refractivity contribution in [3.8, 4) is 0 Å². The second-order valence-corrected chi connectivity index (χ2v) is 5.00. The molecule has 0 fully saturated rings. The Morgan fingerprint density at radius 3 is 2.58 bits per heavy atom. The smallest absolute Gasteiger partial charge is 0.408 e. The SMILES string of the molecule is CCC(CC)C(NC)c1ccc2c(c1)oc(=O)n2C. The van der Waals surface area contributed by atoms with Gasteiger partial charge in [0.05, 0.1) is 5.52 Å². The number of nitrogens with zero attached hydrogens (tertiary/aromatic N) is 1. The van der Waals surface area contributed by atoms with Crippen LogP contribution in [0.1, 0.15) is 38.3 Å². The van der Waals surface area contributed by atoms with Gasteiger partial charge in [0.15, 0.2) is 5.58 Å². The molecule has 4 nitrogen and oxygen atoms in total. The van der Waals surface area contributed by atoms with Gasteiger partial charge in [-0.05, 0) is 30.7 Å². The zero-order chi connectivity index (χ0) is 14.0. The predicted molar refractivity (Wildman–Crippen MR) is 77.3 cm³/mol. The zero-order valence-corrected chi connectivity index (χ0v) is 12.1. The van der Waals surface area contributed by atoms with Crippen LogP contribution < -0.4 is 11.1 Å². The zero-order valence-electron chi connectivity index (χ0n) is 12.1. The highest BCUT2D eigenvalue weighted by Gasteiger charge is 2.19. The van der Waals surface area contributed by atoms with Gasteiger partial charge in [0, 0.05) is 13.1 Å². The van der Waals surface area contributed by atoms with E-state index in [1.165, 1.54) is 10.1 Å². The van der Waals surface area contributed by atoms with Crippen molar-refractivity contribution in [3.63, 3.8) is 0 Å². The Kier molecular flexibility index (Phi) is 4.10. The third-order valence-corrected chi connectivity index (χ3v) is 4.01. The fraction of sp³-hybridized carbons (Fsp3) is 0.533. The summed E-state index contributed by atoms with van der Waals surface area (Å²) in [6.45, 7) is 4.42. The van der Waals surface area contributed by atoms with Crippen molar-refractivity contribution in [3.05, 3.63) is 34.3 Å². The normalized spacial score (nSPS) is 13.3. The topological polar surface area (TPSA) is 47.2 Å². The molecule has 4 heteroatoms. The van der Waals surface area contributed by atoms with E-state index in [4.69, 9.17) is 4.42 Å². The molecule has 0 bridgehead atoms. The van der Waals surface area contributed by atoms with E-state index in [-0.39, 0.29) is 5.76 Å². The molecule has 0 saturated carbocycles. The molecule has 19 heavy (non-hydrogen) atoms. The summed E-state index contributed by atoms with van der Waals surface area (Å²) in [4.78, 5) is 11.5. The number of oxazole rings is 1. The van der Waals surface area contributed by atoms with Gasteiger partial charge in [-0.15, -0.1) is 0 Å². The van der Waals surface area contributed by atoms with E-state index in [9.17, 15) is 4.79 Å². The quantitative estimate of drug-likeness (QED) is 0.901. The van der Waals surface area contributed by atoms with Gasteiger partial charge in [-0.2, -0.15) is 0 Å². The first-order chi connectivity index (χ1) is 9.12. The van der Waals surface area contributed by atoms with Gasteiger partial charge in [0.2, 0.25) is 0 Å². The van der Waals surface area contributed by atoms with Crippen LogP contribution in [0.15, 0.2) is 27.4 Å². The van der Waals surface area contributed by atoms with Crippen LogP contribution in [0.2, 0.25) is 0 Å². The maximum Gasteiger partial charge on any atom is 0.419 e. The van der Waals surface area contributed by atoms with E-state index in [2.05, 4.69) is 25.2 Å². The highest BCUT2D eigenvalue weighted by Crippen LogP contribution is 2.28. The maximum absolute atomic E-state index is 11.5. The fourth-order valence-electron chi connectivity index (χ4n) is 2.78. The molecular weight excluding hydrogens is 240 g/mol. The third-order valence-electron chi connectivity index (χ3n) is 4.01. The molecule has 0 amide bonds. The average molecular weight is 262 g/mol. The molecule has 0 aliphatic heterocycles. The molecule has 0 saturated heterocycles. The van der Waals surface area contributed by atoms with Crippen LogP contribution in [0.25, 0.3) is 11.1 Å². The van der Waals surface area contributed by atoms with Crippen molar-refractivity contribution in [1.29, 1.82) is 0 Å². The minimum Gasteiger partial charge on any atom is -0.408 e. The largest absolute Gasteiger partial charge is 0.419 e. The summed E-state index contributed by atoms with van der Waals surface area (Å²) >= 11 is 0. The van der Waals surface area contributed by atoms with Crippen molar-refractivity contribution in [1.82, 2.24) is 9.88 Å². The highest BCUT2D eigenvalue weighted by atomic mass is 16.4. The molecule has 1 aromatic heterocycles. The highest BCUT2D eigenvalue weighted by molar-refractivity contribution is 5.73. The number of aryl methyl sites for hydroxylation is 1. The van der Waals surface area contributed by atoms with Gasteiger partial charge in [-0.25, -0.2) is 4.79 Å². The second-order valence-electron chi connectivity index (χ2n) is 5.00. The number of nitrogens with one attached hydrogen (secondary N) is 1. The lowest BCUT2D eigenvalue weighted by molar-refractivity contribution is 0.359. The van der Waals surface area contributed by atoms with Crippen LogP contribution in [0.3, 0.4) is 0 Å². The van der Waals surface area contributed by atoms with Crippen LogP contribution in [0, 0.1) is 5.92 Å². The van der Waals surface area contributed by atoms with Gasteiger partial charge in [-0.3, -0.25) is 4.57 Å². The molecule has 0 aliphatic carbocycles. The van der Waals surface area contributed by atoms with E-state index < -0.39 is 0 Å². The summed E-state index contributed by atoms with van der Waals surface area (Å²) < 4.78 is 6.79. The molecule has 2 aromatic rings. The van der Waals surface area contributed by atoms with E-state index in [0.717, 1.165) is 18.4 Å². The summed E-state index contributed by atoms with van der Waals surface area (Å²) in [6.07, 6.45) is 2.25. The molecule has 104 valence electrons. The lowest BCUT2D eigenvalue weighted by Crippen LogP contribution is -2.24. The van der Waals surface area contributed by atoms with E-state index in [1.54, 1.807) is 7.05 Å². The Bertz CT molecular complexity index is 608. The van der Waals surface area contributed by atoms with E-state index >= 15 is 0 Å². The number of hydrogen-bond acceptors (Lipinski definition) is 3. The lowest BCUT2D eigenvalue weighted by Gasteiger charge is -2.25. The summed E-state index contributed by atoms with van der Waals surface area (Å²) in [6, 6.07) is 6.32. The Hall–Kier alpha value is -1.55. The van der Waals surface area contributed by atoms with Gasteiger partial charge >= 0.3 is 5.76 Å². The molecule has 1 aromatic carbocycles. The molecule has 0 radical (unpaired) electrons. The van der Waals surface area contributed by atoms with Crippen molar-refractivity contribution >= 4 is 11.1 Å². The van der Waals surface area contributed by atoms with Crippen molar-refractivity contribution in [2.24, 2.45) is 13.0 Å². The monoisotopic (exact) mass is 262 g/mol. The predicted octanol–water partition coefficient (Wildman–Crippen LogP) is 2.83. The standard InChI is InChI=1S/C15H22N2O2/c1-5-10(6-2)14(16-3)11-7-8-12-13(9-11)19-15(18)17(12)4/h7-10,14,16H,5-6H2,1-4H3. The van der Waals surface area contributed by atoms with Crippen molar-refractivity contribution in [2.75, 3.05) is 7.05 Å². The fourth-order valence-corrected chi connectivity index (χ4v) is 2.78. The molecule has 1 unspecified atom stereocenters. The Balaban J connectivity index is 2.47. The first-order valence-corrected chi connectivity index (χ1v) is 6.89. The van der Waals surface area contributed by atoms with Crippen molar-refractivity contribution < 1.29 is 4.42 Å². The minimum atomic E-state index is -0.310. The van der Waals surface area contributed by atoms with Crippen LogP contribution in [-0.2, 0) is 7.05 Å². The molecule has 1 heterocycles. The van der Waals surface area contributed by atoms with Crippen LogP contribution >= 0.6 is 0 Å². The van der Waals surface area contributed by atoms with E-state index in [1.807, 2.05) is 19.2 Å². The minimum absolute atomic E-state index is 0.296. The first-order valence-electron chi connectivity index (χ1n) is 6.89. The van der Waals surface area contributed by atoms with Crippen LogP contribution in [-0.4, -0.2) is 11.6 Å². The first kappa shape index (κ1) is 13.9. The number of benzene rings is 1. The van der Waals surface area contributed by atoms with Gasteiger partial charge < -0.3 is 9.73 Å². The number of aromatic nitrogens is 1. The number of rotatable bonds is 5. The Labute approximate surface area is 113 Å². The summed E-state index contributed by atoms with van der Waals surface area (Å²) in [5.41, 5.74) is 2.68. The summed E-state index contributed by atoms with van der Waals surface area (Å²) in [5.74, 6) is 0.272. The lowest BCUT2D eigenvalue weighted by atomic mass is 9.89. The van der Waals surface area contributed by atoms with Gasteiger partial charge in [0.25, 0.3) is 0 Å². The molecular formula is C15H22N2O2. The number of fused-ring (bicyclic) bond motifs is 1. The Morgan fingerprint density at radius 2 is 2.00 bits per heavy atom. The molecule has 0 spiro atoms. The Morgan fingerprint density at radius 1 is 1.32 bits per heavy atom. The average Bonchev–Trinajstić information content (AvgIpc) is 2.70. The summed E-state index contributed by atoms with van der Waals surface area (Å²) in [7, 11) is 3.71. The van der Waals surface area contributed by atoms with Crippen molar-refractivity contribution in [2.45, 2.75) is 32.7 Å². The molecule has 0 aliphatic rings. The molecule has 2 rings (SSSR count). The second kappa shape index (κ2) is 5.61. The van der Waals surface area contributed by atoms with Gasteiger partial charge in [0.1, 0.15) is 0 Å². The number of hydrogen-bond donors (Lipinski definition) is 1. The van der Waals surface area contributed by atoms with Crippen LogP contribution in [0.4, 0.5) is 0 Å². The van der Waals surface area contributed by atoms with E-state index in [0.29, 0.717) is 17.5 Å². The third kappa shape index (κ3) is 2.45. The molecule has 1 atom stereocenters. The molecule has 1 N–H and O–H groups in total.